The molecule has 1 aliphatic rings. The summed E-state index contributed by atoms with van der Waals surface area (Å²) in [4.78, 5) is 10.9. The number of hydrogen-bond donors (Lipinski definition) is 1. The van der Waals surface area contributed by atoms with Crippen LogP contribution in [0, 0.1) is 0 Å². The van der Waals surface area contributed by atoms with Crippen LogP contribution in [0.5, 0.6) is 0 Å². The van der Waals surface area contributed by atoms with E-state index >= 15 is 0 Å². The van der Waals surface area contributed by atoms with Crippen LogP contribution in [-0.4, -0.2) is 41.0 Å². The van der Waals surface area contributed by atoms with Gasteiger partial charge < -0.3 is 10.2 Å². The Morgan fingerprint density at radius 2 is 2.11 bits per heavy atom. The fourth-order valence-corrected chi connectivity index (χ4v) is 2.80. The molecule has 0 amide bonds. The minimum atomic E-state index is 0.820. The van der Waals surface area contributed by atoms with Gasteiger partial charge in [0, 0.05) is 31.2 Å². The molecule has 1 aliphatic carbocycles. The smallest absolute Gasteiger partial charge is 0.0724 e. The summed E-state index contributed by atoms with van der Waals surface area (Å²) in [5.74, 6) is 0. The van der Waals surface area contributed by atoms with Gasteiger partial charge in [0.25, 0.3) is 0 Å². The van der Waals surface area contributed by atoms with Gasteiger partial charge in [0.1, 0.15) is 0 Å². The van der Waals surface area contributed by atoms with Crippen molar-refractivity contribution in [2.45, 2.75) is 51.1 Å². The first-order valence-electron chi connectivity index (χ1n) is 7.52. The van der Waals surface area contributed by atoms with Crippen LogP contribution in [0.1, 0.15) is 44.2 Å². The Balaban J connectivity index is 1.54. The molecule has 1 heterocycles. The van der Waals surface area contributed by atoms with Gasteiger partial charge in [-0.15, -0.1) is 0 Å². The highest BCUT2D eigenvalue weighted by atomic mass is 15.1. The third kappa shape index (κ3) is 5.25. The Bertz CT molecular complexity index is 335. The molecule has 0 atom stereocenters. The molecule has 0 unspecified atom stereocenters. The standard InChI is InChI=1S/C15H26N4/c1-19(15-6-3-2-4-7-15)11-5-8-16-12-14-13-17-9-10-18-14/h9-10,13,15-16H,2-8,11-12H2,1H3. The molecule has 0 saturated heterocycles. The fraction of sp³-hybridized carbons (Fsp3) is 0.733. The number of nitrogens with one attached hydrogen (secondary N) is 1. The van der Waals surface area contributed by atoms with E-state index in [0.717, 1.165) is 24.8 Å². The quantitative estimate of drug-likeness (QED) is 0.765. The SMILES string of the molecule is CN(CCCNCc1cnccn1)C1CCCCC1. The third-order valence-electron chi connectivity index (χ3n) is 3.99. The van der Waals surface area contributed by atoms with E-state index in [1.54, 1.807) is 12.4 Å². The zero-order valence-electron chi connectivity index (χ0n) is 12.0. The monoisotopic (exact) mass is 262 g/mol. The number of aromatic nitrogens is 2. The van der Waals surface area contributed by atoms with Gasteiger partial charge in [0.15, 0.2) is 0 Å². The first-order chi connectivity index (χ1) is 9.36. The highest BCUT2D eigenvalue weighted by molar-refractivity contribution is 4.93. The zero-order chi connectivity index (χ0) is 13.3. The van der Waals surface area contributed by atoms with Crippen LogP contribution < -0.4 is 5.32 Å². The van der Waals surface area contributed by atoms with Crippen molar-refractivity contribution in [3.8, 4) is 0 Å². The summed E-state index contributed by atoms with van der Waals surface area (Å²) in [5, 5.41) is 3.43. The van der Waals surface area contributed by atoms with E-state index in [1.165, 1.54) is 45.1 Å². The van der Waals surface area contributed by atoms with Crippen LogP contribution in [0.3, 0.4) is 0 Å². The van der Waals surface area contributed by atoms with E-state index < -0.39 is 0 Å². The lowest BCUT2D eigenvalue weighted by Gasteiger charge is -2.31. The van der Waals surface area contributed by atoms with E-state index in [2.05, 4.69) is 27.2 Å². The lowest BCUT2D eigenvalue weighted by Crippen LogP contribution is -2.35. The maximum atomic E-state index is 4.25. The summed E-state index contributed by atoms with van der Waals surface area (Å²) in [6.45, 7) is 3.06. The average molecular weight is 262 g/mol. The molecule has 4 nitrogen and oxygen atoms in total. The molecule has 0 aliphatic heterocycles. The van der Waals surface area contributed by atoms with Crippen molar-refractivity contribution in [2.24, 2.45) is 0 Å². The van der Waals surface area contributed by atoms with Crippen LogP contribution >= 0.6 is 0 Å². The minimum absolute atomic E-state index is 0.820. The van der Waals surface area contributed by atoms with Gasteiger partial charge in [0.2, 0.25) is 0 Å². The largest absolute Gasteiger partial charge is 0.311 e. The van der Waals surface area contributed by atoms with Crippen molar-refractivity contribution in [3.63, 3.8) is 0 Å². The molecule has 19 heavy (non-hydrogen) atoms. The van der Waals surface area contributed by atoms with E-state index in [1.807, 2.05) is 6.20 Å². The Morgan fingerprint density at radius 3 is 2.84 bits per heavy atom. The first-order valence-corrected chi connectivity index (χ1v) is 7.52. The number of nitrogens with zero attached hydrogens (tertiary/aromatic N) is 3. The number of rotatable bonds is 7. The van der Waals surface area contributed by atoms with E-state index in [-0.39, 0.29) is 0 Å². The van der Waals surface area contributed by atoms with Gasteiger partial charge in [-0.2, -0.15) is 0 Å². The number of hydrogen-bond acceptors (Lipinski definition) is 4. The van der Waals surface area contributed by atoms with Crippen molar-refractivity contribution in [1.29, 1.82) is 0 Å². The second kappa shape index (κ2) is 8.23. The van der Waals surface area contributed by atoms with Gasteiger partial charge in [-0.25, -0.2) is 0 Å². The summed E-state index contributed by atoms with van der Waals surface area (Å²) < 4.78 is 0. The maximum absolute atomic E-state index is 4.25. The first kappa shape index (κ1) is 14.4. The Kier molecular flexibility index (Phi) is 6.24. The van der Waals surface area contributed by atoms with E-state index in [4.69, 9.17) is 0 Å². The average Bonchev–Trinajstić information content (AvgIpc) is 2.49. The molecule has 0 spiro atoms. The van der Waals surface area contributed by atoms with Gasteiger partial charge in [0.05, 0.1) is 5.69 Å². The molecular weight excluding hydrogens is 236 g/mol. The molecule has 2 rings (SSSR count). The molecule has 0 aromatic carbocycles. The van der Waals surface area contributed by atoms with Crippen molar-refractivity contribution >= 4 is 0 Å². The highest BCUT2D eigenvalue weighted by Gasteiger charge is 2.16. The van der Waals surface area contributed by atoms with Gasteiger partial charge in [-0.1, -0.05) is 19.3 Å². The molecule has 1 fully saturated rings. The lowest BCUT2D eigenvalue weighted by molar-refractivity contribution is 0.189. The van der Waals surface area contributed by atoms with Crippen molar-refractivity contribution in [1.82, 2.24) is 20.2 Å². The summed E-state index contributed by atoms with van der Waals surface area (Å²) in [6.07, 6.45) is 13.5. The predicted octanol–water partition coefficient (Wildman–Crippen LogP) is 2.22. The molecule has 1 aromatic heterocycles. The summed E-state index contributed by atoms with van der Waals surface area (Å²) in [7, 11) is 2.28. The summed E-state index contributed by atoms with van der Waals surface area (Å²) in [5.41, 5.74) is 1.02. The van der Waals surface area contributed by atoms with Crippen LogP contribution in [0.2, 0.25) is 0 Å². The van der Waals surface area contributed by atoms with Crippen molar-refractivity contribution in [3.05, 3.63) is 24.3 Å². The Labute approximate surface area is 116 Å². The molecule has 106 valence electrons. The lowest BCUT2D eigenvalue weighted by atomic mass is 9.94. The Morgan fingerprint density at radius 1 is 1.26 bits per heavy atom. The van der Waals surface area contributed by atoms with Gasteiger partial charge in [-0.05, 0) is 39.4 Å². The molecule has 1 saturated carbocycles. The van der Waals surface area contributed by atoms with Crippen LogP contribution in [0.4, 0.5) is 0 Å². The molecule has 4 heteroatoms. The molecule has 1 aromatic rings. The van der Waals surface area contributed by atoms with Crippen molar-refractivity contribution in [2.75, 3.05) is 20.1 Å². The normalized spacial score (nSPS) is 16.9. The van der Waals surface area contributed by atoms with Gasteiger partial charge in [-0.3, -0.25) is 9.97 Å². The molecular formula is C15H26N4. The van der Waals surface area contributed by atoms with Crippen LogP contribution in [0.25, 0.3) is 0 Å². The second-order valence-electron chi connectivity index (χ2n) is 5.50. The maximum Gasteiger partial charge on any atom is 0.0724 e. The van der Waals surface area contributed by atoms with Crippen LogP contribution in [-0.2, 0) is 6.54 Å². The molecule has 0 radical (unpaired) electrons. The van der Waals surface area contributed by atoms with E-state index in [0.29, 0.717) is 0 Å². The summed E-state index contributed by atoms with van der Waals surface area (Å²) >= 11 is 0. The molecule has 0 bridgehead atoms. The zero-order valence-corrected chi connectivity index (χ0v) is 12.0. The van der Waals surface area contributed by atoms with E-state index in [9.17, 15) is 0 Å². The molecule has 1 N–H and O–H groups in total. The van der Waals surface area contributed by atoms with Gasteiger partial charge >= 0.3 is 0 Å². The topological polar surface area (TPSA) is 41.0 Å². The minimum Gasteiger partial charge on any atom is -0.311 e. The highest BCUT2D eigenvalue weighted by Crippen LogP contribution is 2.21. The third-order valence-corrected chi connectivity index (χ3v) is 3.99. The summed E-state index contributed by atoms with van der Waals surface area (Å²) in [6, 6.07) is 0.828. The van der Waals surface area contributed by atoms with Crippen LogP contribution in [0.15, 0.2) is 18.6 Å². The predicted molar refractivity (Wildman–Crippen MR) is 77.9 cm³/mol. The fourth-order valence-electron chi connectivity index (χ4n) is 2.80. The Hall–Kier alpha value is -1.00. The van der Waals surface area contributed by atoms with Crippen molar-refractivity contribution < 1.29 is 0 Å². The second-order valence-corrected chi connectivity index (χ2v) is 5.50.